The van der Waals surface area contributed by atoms with E-state index < -0.39 is 11.8 Å². The Balaban J connectivity index is 0.000000912. The van der Waals surface area contributed by atoms with Crippen LogP contribution < -0.4 is 9.47 Å². The number of carboxylic acid groups (broad SMARTS) is 1. The van der Waals surface area contributed by atoms with Crippen molar-refractivity contribution >= 4 is 5.97 Å². The third-order valence-corrected chi connectivity index (χ3v) is 6.27. The highest BCUT2D eigenvalue weighted by Gasteiger charge is 2.19. The maximum absolute atomic E-state index is 14.8. The Morgan fingerprint density at radius 1 is 1.00 bits per heavy atom. The number of methoxy groups -OCH3 is 1. The average Bonchev–Trinajstić information content (AvgIpc) is 3.64. The molecule has 0 saturated heterocycles. The van der Waals surface area contributed by atoms with Crippen LogP contribution in [0.25, 0.3) is 11.1 Å². The summed E-state index contributed by atoms with van der Waals surface area (Å²) in [5.41, 5.74) is 3.27. The molecule has 3 aromatic rings. The largest absolute Gasteiger partial charge is 0.497 e. The molecule has 6 heteroatoms. The fourth-order valence-electron chi connectivity index (χ4n) is 3.99. The number of aliphatic carboxylic acids is 1. The molecule has 204 valence electrons. The van der Waals surface area contributed by atoms with Gasteiger partial charge in [-0.15, -0.1) is 0 Å². The molecule has 3 aromatic carbocycles. The van der Waals surface area contributed by atoms with Crippen LogP contribution >= 0.6 is 0 Å². The Kier molecular flexibility index (Phi) is 9.90. The lowest BCUT2D eigenvalue weighted by Gasteiger charge is -2.22. The lowest BCUT2D eigenvalue weighted by molar-refractivity contribution is -0.136. The second-order valence-electron chi connectivity index (χ2n) is 11.2. The molecule has 0 aliphatic heterocycles. The highest BCUT2D eigenvalue weighted by atomic mass is 19.1. The van der Waals surface area contributed by atoms with Gasteiger partial charge in [0.25, 0.3) is 0 Å². The zero-order valence-corrected chi connectivity index (χ0v) is 22.9. The smallest absolute Gasteiger partial charge is 0.303 e. The van der Waals surface area contributed by atoms with Crippen LogP contribution in [0.4, 0.5) is 8.78 Å². The molecule has 0 atom stereocenters. The number of rotatable bonds is 9. The Hall–Kier alpha value is -3.41. The van der Waals surface area contributed by atoms with Crippen LogP contribution in [-0.2, 0) is 24.2 Å². The number of ether oxygens (including phenoxy) is 2. The molecule has 0 radical (unpaired) electrons. The summed E-state index contributed by atoms with van der Waals surface area (Å²) in [6.07, 6.45) is 3.61. The molecule has 0 heterocycles. The van der Waals surface area contributed by atoms with Crippen molar-refractivity contribution in [3.8, 4) is 22.6 Å². The summed E-state index contributed by atoms with van der Waals surface area (Å²) in [6, 6.07) is 15.1. The predicted molar refractivity (Wildman–Crippen MR) is 147 cm³/mol. The van der Waals surface area contributed by atoms with E-state index in [0.29, 0.717) is 23.3 Å². The lowest BCUT2D eigenvalue weighted by atomic mass is 9.84. The second kappa shape index (κ2) is 12.9. The van der Waals surface area contributed by atoms with Gasteiger partial charge in [0.1, 0.15) is 18.2 Å². The van der Waals surface area contributed by atoms with Crippen molar-refractivity contribution in [3.05, 3.63) is 82.9 Å². The molecule has 0 amide bonds. The van der Waals surface area contributed by atoms with Crippen LogP contribution in [-0.4, -0.2) is 18.2 Å². The number of carboxylic acids is 1. The van der Waals surface area contributed by atoms with E-state index in [-0.39, 0.29) is 36.4 Å². The normalized spacial score (nSPS) is 12.9. The van der Waals surface area contributed by atoms with E-state index in [9.17, 15) is 13.6 Å². The van der Waals surface area contributed by atoms with Crippen LogP contribution in [0.3, 0.4) is 0 Å². The van der Waals surface area contributed by atoms with Gasteiger partial charge in [0.15, 0.2) is 11.6 Å². The summed E-state index contributed by atoms with van der Waals surface area (Å²) in [7, 11) is 1.54. The summed E-state index contributed by atoms with van der Waals surface area (Å²) < 4.78 is 40.5. The van der Waals surface area contributed by atoms with Crippen LogP contribution in [0.2, 0.25) is 0 Å². The van der Waals surface area contributed by atoms with Gasteiger partial charge in [0.05, 0.1) is 7.11 Å². The molecule has 4 rings (SSSR count). The molecular formula is C32H38F2O4. The Morgan fingerprint density at radius 2 is 1.71 bits per heavy atom. The van der Waals surface area contributed by atoms with Gasteiger partial charge >= 0.3 is 5.97 Å². The molecule has 1 saturated carbocycles. The van der Waals surface area contributed by atoms with E-state index >= 15 is 0 Å². The molecule has 0 bridgehead atoms. The first-order valence-electron chi connectivity index (χ1n) is 13.0. The number of hydrogen-bond donors (Lipinski definition) is 1. The Morgan fingerprint density at radius 3 is 2.32 bits per heavy atom. The minimum absolute atomic E-state index is 0.0475. The van der Waals surface area contributed by atoms with Crippen LogP contribution in [0.15, 0.2) is 54.6 Å². The summed E-state index contributed by atoms with van der Waals surface area (Å²) in [5, 5.41) is 8.86. The van der Waals surface area contributed by atoms with Crippen molar-refractivity contribution < 1.29 is 28.2 Å². The zero-order chi connectivity index (χ0) is 27.9. The van der Waals surface area contributed by atoms with E-state index in [1.807, 2.05) is 18.2 Å². The number of aryl methyl sites for hydroxylation is 1. The van der Waals surface area contributed by atoms with Gasteiger partial charge in [-0.25, -0.2) is 8.78 Å². The molecular weight excluding hydrogens is 486 g/mol. The number of hydrogen-bond acceptors (Lipinski definition) is 3. The maximum Gasteiger partial charge on any atom is 0.303 e. The second-order valence-corrected chi connectivity index (χ2v) is 11.2. The highest BCUT2D eigenvalue weighted by molar-refractivity contribution is 5.70. The molecule has 1 aliphatic carbocycles. The minimum Gasteiger partial charge on any atom is -0.497 e. The monoisotopic (exact) mass is 524 g/mol. The number of carbonyl (C=O) groups is 1. The lowest BCUT2D eigenvalue weighted by Crippen LogP contribution is -2.11. The van der Waals surface area contributed by atoms with Gasteiger partial charge in [-0.2, -0.15) is 0 Å². The van der Waals surface area contributed by atoms with Crippen LogP contribution in [0, 0.1) is 23.0 Å². The average molecular weight is 525 g/mol. The SMILES string of the molecule is CC1CC1.COc1ccc(F)c(-c2ccc(COc3cccc(CCC(=O)O)c3F)cc2CC(C)(C)C)c1. The van der Waals surface area contributed by atoms with Gasteiger partial charge in [-0.1, -0.05) is 70.9 Å². The maximum atomic E-state index is 14.8. The van der Waals surface area contributed by atoms with Crippen molar-refractivity contribution in [3.63, 3.8) is 0 Å². The number of halogens is 2. The van der Waals surface area contributed by atoms with E-state index in [1.54, 1.807) is 31.4 Å². The van der Waals surface area contributed by atoms with Crippen LogP contribution in [0.1, 0.15) is 63.6 Å². The summed E-state index contributed by atoms with van der Waals surface area (Å²) in [5.74, 6) is -0.134. The Bertz CT molecular complexity index is 1240. The van der Waals surface area contributed by atoms with E-state index in [1.165, 1.54) is 25.0 Å². The molecule has 1 aliphatic rings. The van der Waals surface area contributed by atoms with E-state index in [4.69, 9.17) is 14.6 Å². The molecule has 1 fully saturated rings. The molecule has 4 nitrogen and oxygen atoms in total. The first kappa shape index (κ1) is 29.2. The number of benzene rings is 3. The van der Waals surface area contributed by atoms with Crippen LogP contribution in [0.5, 0.6) is 11.5 Å². The van der Waals surface area contributed by atoms with Gasteiger partial charge in [0, 0.05) is 12.0 Å². The first-order chi connectivity index (χ1) is 18.0. The summed E-state index contributed by atoms with van der Waals surface area (Å²) in [4.78, 5) is 10.8. The molecule has 1 N–H and O–H groups in total. The van der Waals surface area contributed by atoms with Gasteiger partial charge in [-0.05, 0) is 70.7 Å². The fourth-order valence-corrected chi connectivity index (χ4v) is 3.99. The third kappa shape index (κ3) is 8.86. The van der Waals surface area contributed by atoms with Gasteiger partial charge in [0.2, 0.25) is 0 Å². The first-order valence-corrected chi connectivity index (χ1v) is 13.0. The van der Waals surface area contributed by atoms with Gasteiger partial charge in [-0.3, -0.25) is 4.79 Å². The Labute approximate surface area is 224 Å². The summed E-state index contributed by atoms with van der Waals surface area (Å²) >= 11 is 0. The van der Waals surface area contributed by atoms with Crippen molar-refractivity contribution in [2.24, 2.45) is 11.3 Å². The quantitative estimate of drug-likeness (QED) is 0.306. The molecule has 0 spiro atoms. The minimum atomic E-state index is -0.982. The highest BCUT2D eigenvalue weighted by Crippen LogP contribution is 2.34. The molecule has 0 aromatic heterocycles. The molecule has 0 unspecified atom stereocenters. The fraction of sp³-hybridized carbons (Fsp3) is 0.406. The topological polar surface area (TPSA) is 55.8 Å². The van der Waals surface area contributed by atoms with Gasteiger partial charge < -0.3 is 14.6 Å². The standard InChI is InChI=1S/C28H30F2O4.C4H8/c1-28(2,3)16-20-14-18(8-11-22(20)23-15-21(33-4)10-12-24(23)29)17-34-25-7-5-6-19(27(25)30)9-13-26(31)32;1-4-2-3-4/h5-8,10-12,14-15H,9,13,16-17H2,1-4H3,(H,31,32);4H,2-3H2,1H3. The van der Waals surface area contributed by atoms with E-state index in [0.717, 1.165) is 22.6 Å². The van der Waals surface area contributed by atoms with Crippen molar-refractivity contribution in [2.75, 3.05) is 7.11 Å². The summed E-state index contributed by atoms with van der Waals surface area (Å²) in [6.45, 7) is 8.73. The predicted octanol–water partition coefficient (Wildman–Crippen LogP) is 8.24. The van der Waals surface area contributed by atoms with Crippen molar-refractivity contribution in [2.45, 2.75) is 66.4 Å². The molecule has 38 heavy (non-hydrogen) atoms. The van der Waals surface area contributed by atoms with Crippen molar-refractivity contribution in [1.29, 1.82) is 0 Å². The van der Waals surface area contributed by atoms with E-state index in [2.05, 4.69) is 27.7 Å². The third-order valence-electron chi connectivity index (χ3n) is 6.27. The zero-order valence-electron chi connectivity index (χ0n) is 22.9. The van der Waals surface area contributed by atoms with Crippen molar-refractivity contribution in [1.82, 2.24) is 0 Å².